The molecule has 12 heavy (non-hydrogen) atoms. The van der Waals surface area contributed by atoms with Crippen LogP contribution < -0.4 is 5.32 Å². The Bertz CT molecular complexity index is 165. The third-order valence-corrected chi connectivity index (χ3v) is 3.72. The molecule has 0 bridgehead atoms. The highest BCUT2D eigenvalue weighted by Gasteiger charge is 2.36. The van der Waals surface area contributed by atoms with E-state index in [0.717, 1.165) is 6.04 Å². The summed E-state index contributed by atoms with van der Waals surface area (Å²) in [5, 5.41) is 3.34. The molecule has 0 aliphatic carbocycles. The molecular weight excluding hydrogens is 148 g/mol. The Morgan fingerprint density at radius 2 is 2.25 bits per heavy atom. The first-order valence-corrected chi connectivity index (χ1v) is 5.18. The van der Waals surface area contributed by atoms with Crippen LogP contribution in [0.25, 0.3) is 0 Å². The van der Waals surface area contributed by atoms with Gasteiger partial charge in [-0.3, -0.25) is 4.90 Å². The van der Waals surface area contributed by atoms with E-state index in [2.05, 4.69) is 24.1 Å². The number of nitrogens with zero attached hydrogens (tertiary/aromatic N) is 1. The summed E-state index contributed by atoms with van der Waals surface area (Å²) in [6, 6.07) is 0.860. The van der Waals surface area contributed by atoms with E-state index in [-0.39, 0.29) is 0 Å². The van der Waals surface area contributed by atoms with Gasteiger partial charge in [-0.25, -0.2) is 0 Å². The molecule has 2 heteroatoms. The smallest absolute Gasteiger partial charge is 0.0345 e. The Hall–Kier alpha value is -0.0800. The van der Waals surface area contributed by atoms with Crippen LogP contribution in [0.1, 0.15) is 26.7 Å². The van der Waals surface area contributed by atoms with Gasteiger partial charge in [-0.2, -0.15) is 0 Å². The van der Waals surface area contributed by atoms with Gasteiger partial charge in [0.2, 0.25) is 0 Å². The summed E-state index contributed by atoms with van der Waals surface area (Å²) in [7, 11) is 0. The fraction of sp³-hybridized carbons (Fsp3) is 1.00. The molecule has 0 aromatic carbocycles. The van der Waals surface area contributed by atoms with Crippen molar-refractivity contribution in [2.24, 2.45) is 5.41 Å². The standard InChI is InChI=1S/C10H20N2/c1-3-10(2)4-5-12(8-10)9-6-11-7-9/h9,11H,3-8H2,1-2H3. The molecule has 2 fully saturated rings. The van der Waals surface area contributed by atoms with Gasteiger partial charge < -0.3 is 5.32 Å². The molecule has 0 saturated carbocycles. The van der Waals surface area contributed by atoms with Crippen molar-refractivity contribution in [1.29, 1.82) is 0 Å². The molecule has 2 saturated heterocycles. The van der Waals surface area contributed by atoms with Crippen LogP contribution in [0.2, 0.25) is 0 Å². The van der Waals surface area contributed by atoms with Gasteiger partial charge in [0.05, 0.1) is 0 Å². The first-order chi connectivity index (χ1) is 5.73. The molecule has 0 radical (unpaired) electrons. The molecule has 1 atom stereocenters. The van der Waals surface area contributed by atoms with Crippen LogP contribution in [-0.2, 0) is 0 Å². The van der Waals surface area contributed by atoms with E-state index in [4.69, 9.17) is 0 Å². The Labute approximate surface area is 75.3 Å². The molecule has 0 amide bonds. The van der Waals surface area contributed by atoms with E-state index in [9.17, 15) is 0 Å². The van der Waals surface area contributed by atoms with Gasteiger partial charge in [0, 0.05) is 25.7 Å². The highest BCUT2D eigenvalue weighted by atomic mass is 15.3. The Balaban J connectivity index is 1.88. The lowest BCUT2D eigenvalue weighted by Gasteiger charge is -2.36. The fourth-order valence-electron chi connectivity index (χ4n) is 2.19. The summed E-state index contributed by atoms with van der Waals surface area (Å²) >= 11 is 0. The molecule has 2 nitrogen and oxygen atoms in total. The zero-order valence-electron chi connectivity index (χ0n) is 8.27. The third-order valence-electron chi connectivity index (χ3n) is 3.72. The largest absolute Gasteiger partial charge is 0.314 e. The predicted molar refractivity (Wildman–Crippen MR) is 51.2 cm³/mol. The van der Waals surface area contributed by atoms with Crippen molar-refractivity contribution in [3.63, 3.8) is 0 Å². The van der Waals surface area contributed by atoms with Crippen LogP contribution in [0.4, 0.5) is 0 Å². The van der Waals surface area contributed by atoms with E-state index in [1.807, 2.05) is 0 Å². The van der Waals surface area contributed by atoms with E-state index in [1.54, 1.807) is 0 Å². The second-order valence-corrected chi connectivity index (χ2v) is 4.70. The predicted octanol–water partition coefficient (Wildman–Crippen LogP) is 1.08. The average Bonchev–Trinajstić information content (AvgIpc) is 2.31. The lowest BCUT2D eigenvalue weighted by atomic mass is 9.87. The van der Waals surface area contributed by atoms with Crippen molar-refractivity contribution in [2.45, 2.75) is 32.7 Å². The summed E-state index contributed by atoms with van der Waals surface area (Å²) in [6.45, 7) is 9.85. The zero-order valence-corrected chi connectivity index (χ0v) is 8.27. The number of likely N-dealkylation sites (tertiary alicyclic amines) is 1. The fourth-order valence-corrected chi connectivity index (χ4v) is 2.19. The number of hydrogen-bond donors (Lipinski definition) is 1. The van der Waals surface area contributed by atoms with Gasteiger partial charge in [-0.05, 0) is 24.8 Å². The van der Waals surface area contributed by atoms with Crippen molar-refractivity contribution in [3.8, 4) is 0 Å². The molecule has 0 spiro atoms. The first kappa shape index (κ1) is 8.52. The highest BCUT2D eigenvalue weighted by Crippen LogP contribution is 2.34. The van der Waals surface area contributed by atoms with E-state index < -0.39 is 0 Å². The van der Waals surface area contributed by atoms with Gasteiger partial charge in [-0.15, -0.1) is 0 Å². The minimum Gasteiger partial charge on any atom is -0.314 e. The molecule has 1 unspecified atom stereocenters. The van der Waals surface area contributed by atoms with Crippen LogP contribution in [-0.4, -0.2) is 37.1 Å². The lowest BCUT2D eigenvalue weighted by Crippen LogP contribution is -2.56. The third kappa shape index (κ3) is 1.38. The maximum atomic E-state index is 3.34. The van der Waals surface area contributed by atoms with Gasteiger partial charge in [0.25, 0.3) is 0 Å². The minimum atomic E-state index is 0.621. The molecular formula is C10H20N2. The second-order valence-electron chi connectivity index (χ2n) is 4.70. The molecule has 1 N–H and O–H groups in total. The Morgan fingerprint density at radius 3 is 2.67 bits per heavy atom. The zero-order chi connectivity index (χ0) is 8.60. The molecule has 0 aromatic heterocycles. The maximum Gasteiger partial charge on any atom is 0.0345 e. The summed E-state index contributed by atoms with van der Waals surface area (Å²) in [6.07, 6.45) is 2.74. The van der Waals surface area contributed by atoms with Crippen molar-refractivity contribution in [2.75, 3.05) is 26.2 Å². The maximum absolute atomic E-state index is 3.34. The van der Waals surface area contributed by atoms with Crippen molar-refractivity contribution in [1.82, 2.24) is 10.2 Å². The molecule has 0 aromatic rings. The Morgan fingerprint density at radius 1 is 1.50 bits per heavy atom. The van der Waals surface area contributed by atoms with Gasteiger partial charge in [0.15, 0.2) is 0 Å². The monoisotopic (exact) mass is 168 g/mol. The number of rotatable bonds is 2. The molecule has 2 aliphatic heterocycles. The van der Waals surface area contributed by atoms with Crippen LogP contribution in [0.5, 0.6) is 0 Å². The summed E-state index contributed by atoms with van der Waals surface area (Å²) < 4.78 is 0. The topological polar surface area (TPSA) is 15.3 Å². The van der Waals surface area contributed by atoms with Crippen LogP contribution in [0.3, 0.4) is 0 Å². The molecule has 70 valence electrons. The summed E-state index contributed by atoms with van der Waals surface area (Å²) in [5.74, 6) is 0. The number of hydrogen-bond acceptors (Lipinski definition) is 2. The van der Waals surface area contributed by atoms with Crippen LogP contribution in [0.15, 0.2) is 0 Å². The number of nitrogens with one attached hydrogen (secondary N) is 1. The van der Waals surface area contributed by atoms with Crippen molar-refractivity contribution in [3.05, 3.63) is 0 Å². The summed E-state index contributed by atoms with van der Waals surface area (Å²) in [5.41, 5.74) is 0.621. The van der Waals surface area contributed by atoms with Gasteiger partial charge >= 0.3 is 0 Å². The normalized spacial score (nSPS) is 38.5. The second kappa shape index (κ2) is 3.00. The van der Waals surface area contributed by atoms with E-state index in [1.165, 1.54) is 39.0 Å². The molecule has 2 rings (SSSR count). The van der Waals surface area contributed by atoms with Crippen LogP contribution >= 0.6 is 0 Å². The SMILES string of the molecule is CCC1(C)CCN(C2CNC2)C1. The average molecular weight is 168 g/mol. The Kier molecular flexibility index (Phi) is 2.13. The highest BCUT2D eigenvalue weighted by molar-refractivity contribution is 4.93. The quantitative estimate of drug-likeness (QED) is 0.664. The van der Waals surface area contributed by atoms with Crippen molar-refractivity contribution < 1.29 is 0 Å². The van der Waals surface area contributed by atoms with Crippen molar-refractivity contribution >= 4 is 0 Å². The van der Waals surface area contributed by atoms with Gasteiger partial charge in [0.1, 0.15) is 0 Å². The van der Waals surface area contributed by atoms with Crippen LogP contribution in [0, 0.1) is 5.41 Å². The minimum absolute atomic E-state index is 0.621. The first-order valence-electron chi connectivity index (χ1n) is 5.18. The van der Waals surface area contributed by atoms with E-state index >= 15 is 0 Å². The van der Waals surface area contributed by atoms with E-state index in [0.29, 0.717) is 5.41 Å². The molecule has 2 aliphatic rings. The van der Waals surface area contributed by atoms with Gasteiger partial charge in [-0.1, -0.05) is 13.8 Å². The molecule has 2 heterocycles. The summed E-state index contributed by atoms with van der Waals surface area (Å²) in [4.78, 5) is 2.67. The lowest BCUT2D eigenvalue weighted by molar-refractivity contribution is 0.158.